The quantitative estimate of drug-likeness (QED) is 0.421. The van der Waals surface area contributed by atoms with Gasteiger partial charge in [0.1, 0.15) is 0 Å². The molecule has 0 aliphatic carbocycles. The fourth-order valence-electron chi connectivity index (χ4n) is 4.64. The average molecular weight is 387 g/mol. The van der Waals surface area contributed by atoms with Crippen molar-refractivity contribution in [3.05, 3.63) is 97.1 Å². The molecule has 0 aliphatic rings. The number of rotatable bonds is 2. The maximum absolute atomic E-state index is 9.85. The molecule has 0 unspecified atom stereocenters. The Bertz CT molecular complexity index is 1580. The van der Waals surface area contributed by atoms with Crippen molar-refractivity contribution >= 4 is 55.9 Å². The van der Waals surface area contributed by atoms with E-state index in [0.29, 0.717) is 5.46 Å². The van der Waals surface area contributed by atoms with Crippen molar-refractivity contribution in [2.45, 2.75) is 0 Å². The van der Waals surface area contributed by atoms with Crippen molar-refractivity contribution in [3.63, 3.8) is 0 Å². The van der Waals surface area contributed by atoms with Crippen molar-refractivity contribution in [1.82, 2.24) is 4.57 Å². The van der Waals surface area contributed by atoms with Gasteiger partial charge in [-0.3, -0.25) is 0 Å². The SMILES string of the molecule is OB(O)c1ccc(-n2c3ccccc3c3cc4ccccc4cc32)c2ccccc12. The molecule has 0 radical (unpaired) electrons. The van der Waals surface area contributed by atoms with Gasteiger partial charge in [-0.25, -0.2) is 0 Å². The van der Waals surface area contributed by atoms with Gasteiger partial charge in [-0.15, -0.1) is 0 Å². The molecule has 5 aromatic carbocycles. The van der Waals surface area contributed by atoms with Gasteiger partial charge in [0.15, 0.2) is 0 Å². The normalized spacial score (nSPS) is 11.7. The van der Waals surface area contributed by atoms with Crippen LogP contribution in [0.25, 0.3) is 49.0 Å². The number of aromatic nitrogens is 1. The Morgan fingerprint density at radius 3 is 1.93 bits per heavy atom. The second-order valence-corrected chi connectivity index (χ2v) is 7.66. The van der Waals surface area contributed by atoms with E-state index in [1.54, 1.807) is 0 Å². The number of benzene rings is 5. The minimum Gasteiger partial charge on any atom is -0.423 e. The Morgan fingerprint density at radius 2 is 1.17 bits per heavy atom. The zero-order valence-electron chi connectivity index (χ0n) is 16.2. The molecule has 6 aromatic rings. The van der Waals surface area contributed by atoms with Crippen LogP contribution in [0.4, 0.5) is 0 Å². The summed E-state index contributed by atoms with van der Waals surface area (Å²) in [7, 11) is -1.51. The third-order valence-corrected chi connectivity index (χ3v) is 5.99. The van der Waals surface area contributed by atoms with E-state index in [4.69, 9.17) is 0 Å². The first-order chi connectivity index (χ1) is 14.7. The van der Waals surface area contributed by atoms with Crippen LogP contribution in [0.3, 0.4) is 0 Å². The summed E-state index contributed by atoms with van der Waals surface area (Å²) in [4.78, 5) is 0. The number of nitrogens with zero attached hydrogens (tertiary/aromatic N) is 1. The molecule has 30 heavy (non-hydrogen) atoms. The molecule has 1 heterocycles. The molecule has 0 bridgehead atoms. The minimum absolute atomic E-state index is 0.514. The van der Waals surface area contributed by atoms with Crippen LogP contribution >= 0.6 is 0 Å². The molecule has 142 valence electrons. The topological polar surface area (TPSA) is 45.4 Å². The Kier molecular flexibility index (Phi) is 3.72. The van der Waals surface area contributed by atoms with Crippen molar-refractivity contribution in [2.24, 2.45) is 0 Å². The standard InChI is InChI=1S/C26H18BNO2/c29-27(30)23-13-14-25(20-10-4-3-9-19(20)23)28-24-12-6-5-11-21(24)22-15-17-7-1-2-8-18(17)16-26(22)28/h1-16,29-30H. The van der Waals surface area contributed by atoms with Crippen LogP contribution < -0.4 is 5.46 Å². The highest BCUT2D eigenvalue weighted by Crippen LogP contribution is 2.36. The molecule has 0 amide bonds. The molecule has 6 rings (SSSR count). The second kappa shape index (κ2) is 6.46. The zero-order chi connectivity index (χ0) is 20.2. The number of fused-ring (bicyclic) bond motifs is 5. The molecule has 0 spiro atoms. The lowest BCUT2D eigenvalue weighted by molar-refractivity contribution is 0.426. The molecule has 0 fully saturated rings. The van der Waals surface area contributed by atoms with Crippen LogP contribution in [0.15, 0.2) is 97.1 Å². The van der Waals surface area contributed by atoms with E-state index >= 15 is 0 Å². The monoisotopic (exact) mass is 387 g/mol. The van der Waals surface area contributed by atoms with Crippen molar-refractivity contribution in [1.29, 1.82) is 0 Å². The van der Waals surface area contributed by atoms with Crippen molar-refractivity contribution < 1.29 is 10.0 Å². The second-order valence-electron chi connectivity index (χ2n) is 7.66. The van der Waals surface area contributed by atoms with Crippen molar-refractivity contribution in [2.75, 3.05) is 0 Å². The average Bonchev–Trinajstić information content (AvgIpc) is 3.10. The van der Waals surface area contributed by atoms with E-state index in [2.05, 4.69) is 65.2 Å². The van der Waals surface area contributed by atoms with Gasteiger partial charge in [0.2, 0.25) is 0 Å². The van der Waals surface area contributed by atoms with Gasteiger partial charge in [0, 0.05) is 16.2 Å². The van der Waals surface area contributed by atoms with Gasteiger partial charge in [-0.05, 0) is 45.9 Å². The predicted octanol–water partition coefficient (Wildman–Crippen LogP) is 4.77. The van der Waals surface area contributed by atoms with Crippen LogP contribution in [-0.2, 0) is 0 Å². The van der Waals surface area contributed by atoms with Crippen LogP contribution in [0.5, 0.6) is 0 Å². The summed E-state index contributed by atoms with van der Waals surface area (Å²) in [6.45, 7) is 0. The Hall–Kier alpha value is -3.60. The van der Waals surface area contributed by atoms with Crippen LogP contribution in [0.2, 0.25) is 0 Å². The Labute approximate surface area is 173 Å². The third kappa shape index (κ3) is 2.41. The van der Waals surface area contributed by atoms with Gasteiger partial charge in [-0.1, -0.05) is 72.8 Å². The summed E-state index contributed by atoms with van der Waals surface area (Å²) >= 11 is 0. The minimum atomic E-state index is -1.51. The van der Waals surface area contributed by atoms with E-state index in [9.17, 15) is 10.0 Å². The summed E-state index contributed by atoms with van der Waals surface area (Å²) in [6.07, 6.45) is 0. The number of para-hydroxylation sites is 1. The molecular weight excluding hydrogens is 369 g/mol. The van der Waals surface area contributed by atoms with E-state index in [-0.39, 0.29) is 0 Å². The first-order valence-electron chi connectivity index (χ1n) is 10.0. The molecule has 4 heteroatoms. The van der Waals surface area contributed by atoms with E-state index < -0.39 is 7.12 Å². The fourth-order valence-corrected chi connectivity index (χ4v) is 4.64. The Morgan fingerprint density at radius 1 is 0.533 bits per heavy atom. The first kappa shape index (κ1) is 17.3. The zero-order valence-corrected chi connectivity index (χ0v) is 16.2. The molecule has 3 nitrogen and oxygen atoms in total. The van der Waals surface area contributed by atoms with Gasteiger partial charge in [0.25, 0.3) is 0 Å². The smallest absolute Gasteiger partial charge is 0.423 e. The summed E-state index contributed by atoms with van der Waals surface area (Å²) in [6, 6.07) is 33.1. The summed E-state index contributed by atoms with van der Waals surface area (Å²) in [5.74, 6) is 0. The molecule has 1 aromatic heterocycles. The maximum atomic E-state index is 9.85. The molecule has 0 atom stereocenters. The first-order valence-corrected chi connectivity index (χ1v) is 10.0. The van der Waals surface area contributed by atoms with Crippen LogP contribution in [0, 0.1) is 0 Å². The largest absolute Gasteiger partial charge is 0.489 e. The summed E-state index contributed by atoms with van der Waals surface area (Å²) < 4.78 is 2.28. The van der Waals surface area contributed by atoms with Crippen LogP contribution in [0.1, 0.15) is 0 Å². The highest BCUT2D eigenvalue weighted by Gasteiger charge is 2.19. The molecule has 2 N–H and O–H groups in total. The van der Waals surface area contributed by atoms with E-state index in [0.717, 1.165) is 27.5 Å². The molecule has 0 saturated heterocycles. The summed E-state index contributed by atoms with van der Waals surface area (Å²) in [5.41, 5.74) is 3.81. The van der Waals surface area contributed by atoms with Gasteiger partial charge in [0.05, 0.1) is 16.7 Å². The molecular formula is C26H18BNO2. The lowest BCUT2D eigenvalue weighted by Gasteiger charge is -2.14. The fraction of sp³-hybridized carbons (Fsp3) is 0. The summed E-state index contributed by atoms with van der Waals surface area (Å²) in [5, 5.41) is 26.4. The molecule has 0 aliphatic heterocycles. The lowest BCUT2D eigenvalue weighted by Crippen LogP contribution is -2.30. The third-order valence-electron chi connectivity index (χ3n) is 5.99. The van der Waals surface area contributed by atoms with Gasteiger partial charge >= 0.3 is 7.12 Å². The van der Waals surface area contributed by atoms with Gasteiger partial charge in [-0.2, -0.15) is 0 Å². The lowest BCUT2D eigenvalue weighted by atomic mass is 9.77. The highest BCUT2D eigenvalue weighted by molar-refractivity contribution is 6.62. The van der Waals surface area contributed by atoms with E-state index in [1.807, 2.05) is 36.4 Å². The molecule has 0 saturated carbocycles. The van der Waals surface area contributed by atoms with Crippen LogP contribution in [-0.4, -0.2) is 21.7 Å². The predicted molar refractivity (Wildman–Crippen MR) is 126 cm³/mol. The van der Waals surface area contributed by atoms with Crippen molar-refractivity contribution in [3.8, 4) is 5.69 Å². The number of hydrogen-bond acceptors (Lipinski definition) is 2. The van der Waals surface area contributed by atoms with Gasteiger partial charge < -0.3 is 14.6 Å². The highest BCUT2D eigenvalue weighted by atomic mass is 16.4. The van der Waals surface area contributed by atoms with E-state index in [1.165, 1.54) is 21.5 Å². The number of hydrogen-bond donors (Lipinski definition) is 2. The Balaban J connectivity index is 1.81. The maximum Gasteiger partial charge on any atom is 0.489 e.